The molecule has 1 heteroatoms. The highest BCUT2D eigenvalue weighted by Crippen LogP contribution is 2.28. The molecule has 2 aromatic carbocycles. The smallest absolute Gasteiger partial charge is 0.0710 e. The maximum Gasteiger partial charge on any atom is 0.0710 e. The molecule has 0 atom stereocenters. The molecule has 0 fully saturated rings. The van der Waals surface area contributed by atoms with Crippen molar-refractivity contribution in [2.24, 2.45) is 0 Å². The van der Waals surface area contributed by atoms with Crippen LogP contribution in [-0.2, 0) is 0 Å². The van der Waals surface area contributed by atoms with Gasteiger partial charge in [0.05, 0.1) is 5.69 Å². The predicted octanol–water partition coefficient (Wildman–Crippen LogP) is 5.34. The van der Waals surface area contributed by atoms with Crippen LogP contribution in [0.3, 0.4) is 0 Å². The molecule has 0 unspecified atom stereocenters. The summed E-state index contributed by atoms with van der Waals surface area (Å²) in [6.45, 7) is 6.31. The molecule has 0 N–H and O–H groups in total. The van der Waals surface area contributed by atoms with Gasteiger partial charge in [0.25, 0.3) is 0 Å². The van der Waals surface area contributed by atoms with Crippen LogP contribution < -0.4 is 0 Å². The quantitative estimate of drug-likeness (QED) is 0.614. The number of aryl methyl sites for hydroxylation is 3. The summed E-state index contributed by atoms with van der Waals surface area (Å²) in [6, 6.07) is 21.3. The normalized spacial score (nSPS) is 10.6. The molecular weight excluding hydrogens is 254 g/mol. The Morgan fingerprint density at radius 3 is 2.19 bits per heavy atom. The first kappa shape index (κ1) is 13.6. The molecule has 0 bridgehead atoms. The highest BCUT2D eigenvalue weighted by molar-refractivity contribution is 5.74. The van der Waals surface area contributed by atoms with Crippen LogP contribution in [0.4, 0.5) is 0 Å². The number of benzene rings is 2. The first-order chi connectivity index (χ1) is 10.1. The van der Waals surface area contributed by atoms with Crippen LogP contribution in [0, 0.1) is 20.8 Å². The fourth-order valence-corrected chi connectivity index (χ4v) is 2.69. The molecule has 0 saturated carbocycles. The highest BCUT2D eigenvalue weighted by Gasteiger charge is 2.07. The van der Waals surface area contributed by atoms with Crippen molar-refractivity contribution in [1.29, 1.82) is 0 Å². The van der Waals surface area contributed by atoms with Crippen LogP contribution >= 0.6 is 0 Å². The summed E-state index contributed by atoms with van der Waals surface area (Å²) >= 11 is 0. The molecule has 0 spiro atoms. The second kappa shape index (κ2) is 5.53. The number of hydrogen-bond acceptors (Lipinski definition) is 1. The lowest BCUT2D eigenvalue weighted by Gasteiger charge is -2.10. The lowest BCUT2D eigenvalue weighted by Crippen LogP contribution is -1.92. The second-order valence-electron chi connectivity index (χ2n) is 5.57. The molecule has 0 saturated heterocycles. The Hall–Kier alpha value is -2.41. The van der Waals surface area contributed by atoms with Gasteiger partial charge in [-0.25, -0.2) is 0 Å². The zero-order chi connectivity index (χ0) is 14.8. The van der Waals surface area contributed by atoms with Gasteiger partial charge in [0.2, 0.25) is 0 Å². The number of nitrogens with zero attached hydrogens (tertiary/aromatic N) is 1. The van der Waals surface area contributed by atoms with Crippen molar-refractivity contribution in [3.8, 4) is 22.4 Å². The van der Waals surface area contributed by atoms with E-state index in [0.29, 0.717) is 0 Å². The molecular formula is C20H19N. The topological polar surface area (TPSA) is 12.9 Å². The van der Waals surface area contributed by atoms with Crippen LogP contribution in [0.25, 0.3) is 22.4 Å². The molecule has 21 heavy (non-hydrogen) atoms. The van der Waals surface area contributed by atoms with Gasteiger partial charge in [0, 0.05) is 11.3 Å². The SMILES string of the molecule is Cc1cc(C)nc(-c2cc(-c3ccccc3)ccc2C)c1. The Morgan fingerprint density at radius 1 is 0.714 bits per heavy atom. The van der Waals surface area contributed by atoms with Crippen LogP contribution in [0.15, 0.2) is 60.7 Å². The average molecular weight is 273 g/mol. The third kappa shape index (κ3) is 2.87. The van der Waals surface area contributed by atoms with E-state index in [4.69, 9.17) is 4.98 Å². The van der Waals surface area contributed by atoms with Gasteiger partial charge in [-0.05, 0) is 61.2 Å². The summed E-state index contributed by atoms with van der Waals surface area (Å²) < 4.78 is 0. The molecule has 104 valence electrons. The number of pyridine rings is 1. The van der Waals surface area contributed by atoms with Gasteiger partial charge in [-0.1, -0.05) is 42.5 Å². The Kier molecular flexibility index (Phi) is 3.57. The van der Waals surface area contributed by atoms with Crippen molar-refractivity contribution in [3.63, 3.8) is 0 Å². The number of hydrogen-bond donors (Lipinski definition) is 0. The van der Waals surface area contributed by atoms with Gasteiger partial charge in [-0.3, -0.25) is 4.98 Å². The van der Waals surface area contributed by atoms with Crippen molar-refractivity contribution in [3.05, 3.63) is 77.5 Å². The number of rotatable bonds is 2. The molecule has 0 aliphatic heterocycles. The third-order valence-electron chi connectivity index (χ3n) is 3.72. The molecule has 1 nitrogen and oxygen atoms in total. The molecule has 1 aromatic heterocycles. The zero-order valence-corrected chi connectivity index (χ0v) is 12.7. The minimum atomic E-state index is 1.06. The molecule has 3 rings (SSSR count). The maximum absolute atomic E-state index is 4.70. The summed E-state index contributed by atoms with van der Waals surface area (Å²) in [5.74, 6) is 0. The zero-order valence-electron chi connectivity index (χ0n) is 12.7. The minimum Gasteiger partial charge on any atom is -0.253 e. The van der Waals surface area contributed by atoms with Gasteiger partial charge >= 0.3 is 0 Å². The van der Waals surface area contributed by atoms with Gasteiger partial charge in [0.1, 0.15) is 0 Å². The van der Waals surface area contributed by atoms with Crippen molar-refractivity contribution >= 4 is 0 Å². The van der Waals surface area contributed by atoms with Crippen LogP contribution in [0.2, 0.25) is 0 Å². The third-order valence-corrected chi connectivity index (χ3v) is 3.72. The van der Waals surface area contributed by atoms with Gasteiger partial charge in [-0.2, -0.15) is 0 Å². The highest BCUT2D eigenvalue weighted by atomic mass is 14.7. The number of aromatic nitrogens is 1. The molecule has 0 aliphatic rings. The molecule has 0 aliphatic carbocycles. The Balaban J connectivity index is 2.14. The first-order valence-corrected chi connectivity index (χ1v) is 7.25. The van der Waals surface area contributed by atoms with Gasteiger partial charge < -0.3 is 0 Å². The summed E-state index contributed by atoms with van der Waals surface area (Å²) in [6.07, 6.45) is 0. The Morgan fingerprint density at radius 2 is 1.48 bits per heavy atom. The van der Waals surface area contributed by atoms with Crippen LogP contribution in [0.5, 0.6) is 0 Å². The largest absolute Gasteiger partial charge is 0.253 e. The van der Waals surface area contributed by atoms with Gasteiger partial charge in [-0.15, -0.1) is 0 Å². The van der Waals surface area contributed by atoms with E-state index in [9.17, 15) is 0 Å². The van der Waals surface area contributed by atoms with Crippen LogP contribution in [0.1, 0.15) is 16.8 Å². The van der Waals surface area contributed by atoms with E-state index in [-0.39, 0.29) is 0 Å². The van der Waals surface area contributed by atoms with E-state index >= 15 is 0 Å². The Bertz CT molecular complexity index is 753. The van der Waals surface area contributed by atoms with E-state index in [1.54, 1.807) is 0 Å². The lowest BCUT2D eigenvalue weighted by molar-refractivity contribution is 1.18. The maximum atomic E-state index is 4.70. The average Bonchev–Trinajstić information content (AvgIpc) is 2.47. The molecule has 1 heterocycles. The van der Waals surface area contributed by atoms with Crippen molar-refractivity contribution in [2.45, 2.75) is 20.8 Å². The van der Waals surface area contributed by atoms with Gasteiger partial charge in [0.15, 0.2) is 0 Å². The molecule has 0 radical (unpaired) electrons. The fraction of sp³-hybridized carbons (Fsp3) is 0.150. The predicted molar refractivity (Wildman–Crippen MR) is 89.3 cm³/mol. The van der Waals surface area contributed by atoms with E-state index in [0.717, 1.165) is 11.4 Å². The van der Waals surface area contributed by atoms with E-state index in [1.807, 2.05) is 13.0 Å². The summed E-state index contributed by atoms with van der Waals surface area (Å²) in [4.78, 5) is 4.70. The minimum absolute atomic E-state index is 1.06. The van der Waals surface area contributed by atoms with Crippen molar-refractivity contribution in [1.82, 2.24) is 4.98 Å². The van der Waals surface area contributed by atoms with Crippen molar-refractivity contribution < 1.29 is 0 Å². The Labute approximate surface area is 126 Å². The molecule has 0 amide bonds. The standard InChI is InChI=1S/C20H19N/c1-14-11-16(3)21-20(12-14)19-13-18(10-9-15(19)2)17-7-5-4-6-8-17/h4-13H,1-3H3. The summed E-state index contributed by atoms with van der Waals surface area (Å²) in [5.41, 5.74) is 8.31. The van der Waals surface area contributed by atoms with Crippen molar-refractivity contribution in [2.75, 3.05) is 0 Å². The monoisotopic (exact) mass is 273 g/mol. The van der Waals surface area contributed by atoms with Crippen LogP contribution in [-0.4, -0.2) is 4.98 Å². The first-order valence-electron chi connectivity index (χ1n) is 7.25. The van der Waals surface area contributed by atoms with E-state index < -0.39 is 0 Å². The second-order valence-corrected chi connectivity index (χ2v) is 5.57. The van der Waals surface area contributed by atoms with E-state index in [1.165, 1.54) is 27.8 Å². The molecule has 3 aromatic rings. The summed E-state index contributed by atoms with van der Waals surface area (Å²) in [5, 5.41) is 0. The summed E-state index contributed by atoms with van der Waals surface area (Å²) in [7, 11) is 0. The van der Waals surface area contributed by atoms with E-state index in [2.05, 4.69) is 68.4 Å². The fourth-order valence-electron chi connectivity index (χ4n) is 2.69. The lowest BCUT2D eigenvalue weighted by atomic mass is 9.97.